The Labute approximate surface area is 85.5 Å². The summed E-state index contributed by atoms with van der Waals surface area (Å²) >= 11 is 0. The van der Waals surface area contributed by atoms with Crippen LogP contribution < -0.4 is 0 Å². The van der Waals surface area contributed by atoms with Gasteiger partial charge in [-0.15, -0.1) is 0 Å². The van der Waals surface area contributed by atoms with Gasteiger partial charge in [-0.2, -0.15) is 26.3 Å². The molecule has 0 saturated heterocycles. The summed E-state index contributed by atoms with van der Waals surface area (Å²) in [7, 11) is 0. The van der Waals surface area contributed by atoms with Crippen molar-refractivity contribution in [1.82, 2.24) is 4.98 Å². The van der Waals surface area contributed by atoms with Crippen molar-refractivity contribution < 1.29 is 31.4 Å². The van der Waals surface area contributed by atoms with Crippen molar-refractivity contribution in [3.63, 3.8) is 0 Å². The molecule has 0 unspecified atom stereocenters. The predicted octanol–water partition coefficient (Wildman–Crippen LogP) is 2.61. The molecule has 1 aromatic rings. The molecule has 0 spiro atoms. The molecule has 0 aromatic carbocycles. The summed E-state index contributed by atoms with van der Waals surface area (Å²) in [6, 6.07) is 0.390. The first-order valence-electron chi connectivity index (χ1n) is 3.91. The SMILES string of the molecule is OCc1c(C(F)(F)F)ccnc1C(F)(F)F. The first-order chi connectivity index (χ1) is 7.18. The fraction of sp³-hybridized carbons (Fsp3) is 0.375. The van der Waals surface area contributed by atoms with E-state index in [-0.39, 0.29) is 0 Å². The number of rotatable bonds is 1. The lowest BCUT2D eigenvalue weighted by molar-refractivity contribution is -0.147. The maximum atomic E-state index is 12.3. The van der Waals surface area contributed by atoms with E-state index < -0.39 is 35.8 Å². The van der Waals surface area contributed by atoms with E-state index in [0.717, 1.165) is 0 Å². The first kappa shape index (κ1) is 12.8. The second-order valence-electron chi connectivity index (χ2n) is 2.84. The molecule has 1 rings (SSSR count). The largest absolute Gasteiger partial charge is 0.433 e. The molecule has 0 aliphatic carbocycles. The Morgan fingerprint density at radius 3 is 2.00 bits per heavy atom. The Kier molecular flexibility index (Phi) is 3.13. The average Bonchev–Trinajstić information content (AvgIpc) is 2.13. The van der Waals surface area contributed by atoms with Crippen LogP contribution >= 0.6 is 0 Å². The molecule has 0 aliphatic rings. The number of hydrogen-bond acceptors (Lipinski definition) is 2. The lowest BCUT2D eigenvalue weighted by Crippen LogP contribution is -2.18. The van der Waals surface area contributed by atoms with Crippen LogP contribution in [-0.2, 0) is 19.0 Å². The topological polar surface area (TPSA) is 33.1 Å². The summed E-state index contributed by atoms with van der Waals surface area (Å²) in [5.41, 5.74) is -4.51. The van der Waals surface area contributed by atoms with E-state index in [1.807, 2.05) is 0 Å². The molecule has 90 valence electrons. The highest BCUT2D eigenvalue weighted by Gasteiger charge is 2.41. The molecule has 1 aromatic heterocycles. The van der Waals surface area contributed by atoms with E-state index in [2.05, 4.69) is 4.98 Å². The fourth-order valence-electron chi connectivity index (χ4n) is 1.16. The van der Waals surface area contributed by atoms with Crippen molar-refractivity contribution in [3.8, 4) is 0 Å². The van der Waals surface area contributed by atoms with Crippen LogP contribution in [0.3, 0.4) is 0 Å². The van der Waals surface area contributed by atoms with Gasteiger partial charge in [0.1, 0.15) is 0 Å². The molecule has 1 heterocycles. The minimum atomic E-state index is -5.03. The second-order valence-corrected chi connectivity index (χ2v) is 2.84. The summed E-state index contributed by atoms with van der Waals surface area (Å²) in [5, 5.41) is 8.59. The van der Waals surface area contributed by atoms with Gasteiger partial charge in [-0.1, -0.05) is 0 Å². The molecule has 0 saturated carbocycles. The average molecular weight is 245 g/mol. The van der Waals surface area contributed by atoms with Gasteiger partial charge in [-0.05, 0) is 6.07 Å². The number of pyridine rings is 1. The Morgan fingerprint density at radius 2 is 1.62 bits per heavy atom. The molecule has 0 fully saturated rings. The van der Waals surface area contributed by atoms with Crippen molar-refractivity contribution in [3.05, 3.63) is 29.1 Å². The van der Waals surface area contributed by atoms with Crippen LogP contribution in [0.4, 0.5) is 26.3 Å². The van der Waals surface area contributed by atoms with Crippen molar-refractivity contribution in [1.29, 1.82) is 0 Å². The number of aliphatic hydroxyl groups excluding tert-OH is 1. The van der Waals surface area contributed by atoms with E-state index in [1.165, 1.54) is 0 Å². The Hall–Kier alpha value is -1.31. The van der Waals surface area contributed by atoms with Gasteiger partial charge in [-0.25, -0.2) is 0 Å². The zero-order chi connectivity index (χ0) is 12.6. The molecular weight excluding hydrogens is 240 g/mol. The Balaban J connectivity index is 3.45. The molecule has 0 atom stereocenters. The number of hydrogen-bond donors (Lipinski definition) is 1. The molecule has 0 amide bonds. The van der Waals surface area contributed by atoms with Crippen LogP contribution in [-0.4, -0.2) is 10.1 Å². The van der Waals surface area contributed by atoms with Gasteiger partial charge in [0, 0.05) is 11.8 Å². The number of alkyl halides is 6. The zero-order valence-corrected chi connectivity index (χ0v) is 7.52. The number of aliphatic hydroxyl groups is 1. The molecular formula is C8H5F6NO. The molecule has 16 heavy (non-hydrogen) atoms. The number of aromatic nitrogens is 1. The Morgan fingerprint density at radius 1 is 1.06 bits per heavy atom. The Bertz CT molecular complexity index is 351. The smallest absolute Gasteiger partial charge is 0.392 e. The molecule has 0 radical (unpaired) electrons. The van der Waals surface area contributed by atoms with Gasteiger partial charge < -0.3 is 5.11 Å². The minimum Gasteiger partial charge on any atom is -0.392 e. The van der Waals surface area contributed by atoms with Crippen molar-refractivity contribution in [2.45, 2.75) is 19.0 Å². The van der Waals surface area contributed by atoms with Gasteiger partial charge in [0.15, 0.2) is 5.69 Å². The van der Waals surface area contributed by atoms with Crippen LogP contribution in [0.15, 0.2) is 12.3 Å². The number of halogens is 6. The highest BCUT2D eigenvalue weighted by molar-refractivity contribution is 5.33. The summed E-state index contributed by atoms with van der Waals surface area (Å²) < 4.78 is 73.7. The third-order valence-corrected chi connectivity index (χ3v) is 1.79. The maximum Gasteiger partial charge on any atom is 0.433 e. The van der Waals surface area contributed by atoms with Crippen LogP contribution in [0.2, 0.25) is 0 Å². The highest BCUT2D eigenvalue weighted by atomic mass is 19.4. The molecule has 2 nitrogen and oxygen atoms in total. The van der Waals surface area contributed by atoms with E-state index in [0.29, 0.717) is 12.3 Å². The maximum absolute atomic E-state index is 12.3. The van der Waals surface area contributed by atoms with E-state index in [4.69, 9.17) is 5.11 Å². The summed E-state index contributed by atoms with van der Waals surface area (Å²) in [4.78, 5) is 2.81. The minimum absolute atomic E-state index is 0.390. The molecule has 8 heteroatoms. The van der Waals surface area contributed by atoms with Crippen molar-refractivity contribution in [2.24, 2.45) is 0 Å². The summed E-state index contributed by atoms with van der Waals surface area (Å²) in [6.45, 7) is -1.38. The monoisotopic (exact) mass is 245 g/mol. The third-order valence-electron chi connectivity index (χ3n) is 1.79. The first-order valence-corrected chi connectivity index (χ1v) is 3.91. The molecule has 1 N–H and O–H groups in total. The van der Waals surface area contributed by atoms with E-state index in [9.17, 15) is 26.3 Å². The van der Waals surface area contributed by atoms with Crippen LogP contribution in [0.25, 0.3) is 0 Å². The fourth-order valence-corrected chi connectivity index (χ4v) is 1.16. The molecule has 0 aliphatic heterocycles. The lowest BCUT2D eigenvalue weighted by Gasteiger charge is -2.15. The van der Waals surface area contributed by atoms with Gasteiger partial charge in [0.25, 0.3) is 0 Å². The predicted molar refractivity (Wildman–Crippen MR) is 40.2 cm³/mol. The van der Waals surface area contributed by atoms with Crippen LogP contribution in [0.5, 0.6) is 0 Å². The zero-order valence-electron chi connectivity index (χ0n) is 7.52. The summed E-state index contributed by atoms with van der Waals surface area (Å²) in [6.07, 6.45) is -9.58. The van der Waals surface area contributed by atoms with Gasteiger partial charge in [0.05, 0.1) is 12.2 Å². The van der Waals surface area contributed by atoms with Crippen LogP contribution in [0.1, 0.15) is 16.8 Å². The van der Waals surface area contributed by atoms with E-state index >= 15 is 0 Å². The van der Waals surface area contributed by atoms with E-state index in [1.54, 1.807) is 0 Å². The van der Waals surface area contributed by atoms with Crippen molar-refractivity contribution in [2.75, 3.05) is 0 Å². The van der Waals surface area contributed by atoms with Crippen molar-refractivity contribution >= 4 is 0 Å². The lowest BCUT2D eigenvalue weighted by atomic mass is 10.1. The molecule has 0 bridgehead atoms. The van der Waals surface area contributed by atoms with Gasteiger partial charge >= 0.3 is 12.4 Å². The third kappa shape index (κ3) is 2.43. The van der Waals surface area contributed by atoms with Gasteiger partial charge in [0.2, 0.25) is 0 Å². The normalized spacial score (nSPS) is 12.9. The highest BCUT2D eigenvalue weighted by Crippen LogP contribution is 2.37. The standard InChI is InChI=1S/C8H5F6NO/c9-7(10,11)5-1-2-15-6(4(5)3-16)8(12,13)14/h1-2,16H,3H2. The van der Waals surface area contributed by atoms with Crippen LogP contribution in [0, 0.1) is 0 Å². The number of nitrogens with zero attached hydrogens (tertiary/aromatic N) is 1. The second kappa shape index (κ2) is 3.93. The van der Waals surface area contributed by atoms with Gasteiger partial charge in [-0.3, -0.25) is 4.98 Å². The quantitative estimate of drug-likeness (QED) is 0.771. The summed E-state index contributed by atoms with van der Waals surface area (Å²) in [5.74, 6) is 0.